The van der Waals surface area contributed by atoms with Gasteiger partial charge in [-0.2, -0.15) is 0 Å². The van der Waals surface area contributed by atoms with Gasteiger partial charge in [0.1, 0.15) is 11.4 Å². The van der Waals surface area contributed by atoms with E-state index in [-0.39, 0.29) is 5.91 Å². The number of methoxy groups -OCH3 is 1. The van der Waals surface area contributed by atoms with E-state index in [1.807, 2.05) is 33.2 Å². The topological polar surface area (TPSA) is 79.4 Å². The van der Waals surface area contributed by atoms with Crippen LogP contribution in [0.25, 0.3) is 0 Å². The average Bonchev–Trinajstić information content (AvgIpc) is 2.58. The van der Waals surface area contributed by atoms with E-state index in [0.29, 0.717) is 23.1 Å². The van der Waals surface area contributed by atoms with Crippen LogP contribution in [0.4, 0.5) is 11.6 Å². The summed E-state index contributed by atoms with van der Waals surface area (Å²) in [4.78, 5) is 23.2. The minimum atomic E-state index is -0.282. The Bertz CT molecular complexity index is 718. The van der Waals surface area contributed by atoms with Gasteiger partial charge in [0.15, 0.2) is 0 Å². The van der Waals surface area contributed by atoms with Gasteiger partial charge in [0.05, 0.1) is 7.11 Å². The Morgan fingerprint density at radius 1 is 1.24 bits per heavy atom. The van der Waals surface area contributed by atoms with Gasteiger partial charge in [-0.3, -0.25) is 4.79 Å². The van der Waals surface area contributed by atoms with E-state index in [1.165, 1.54) is 0 Å². The summed E-state index contributed by atoms with van der Waals surface area (Å²) in [5.74, 6) is 0.865. The monoisotopic (exact) mass is 343 g/mol. The van der Waals surface area contributed by atoms with Crippen molar-refractivity contribution < 1.29 is 9.53 Å². The third-order valence-electron chi connectivity index (χ3n) is 3.48. The Kier molecular flexibility index (Phi) is 6.71. The maximum Gasteiger partial charge on any atom is 0.274 e. The van der Waals surface area contributed by atoms with Crippen molar-refractivity contribution in [2.45, 2.75) is 13.3 Å². The zero-order valence-electron chi connectivity index (χ0n) is 15.2. The first-order valence-electron chi connectivity index (χ1n) is 8.17. The SMILES string of the molecule is COc1cccc(NC(=O)c2cc(C)nc(NCCCN(C)C)n2)c1. The molecule has 0 aliphatic heterocycles. The van der Waals surface area contributed by atoms with Gasteiger partial charge in [0, 0.05) is 24.0 Å². The molecule has 1 heterocycles. The number of carbonyl (C=O) groups is 1. The van der Waals surface area contributed by atoms with E-state index in [9.17, 15) is 4.79 Å². The summed E-state index contributed by atoms with van der Waals surface area (Å²) in [6.07, 6.45) is 0.968. The summed E-state index contributed by atoms with van der Waals surface area (Å²) in [7, 11) is 5.65. The number of hydrogen-bond acceptors (Lipinski definition) is 6. The van der Waals surface area contributed by atoms with Crippen LogP contribution in [0.5, 0.6) is 5.75 Å². The minimum absolute atomic E-state index is 0.282. The summed E-state index contributed by atoms with van der Waals surface area (Å²) in [5.41, 5.74) is 1.72. The number of hydrogen-bond donors (Lipinski definition) is 2. The third-order valence-corrected chi connectivity index (χ3v) is 3.48. The highest BCUT2D eigenvalue weighted by molar-refractivity contribution is 6.03. The number of aromatic nitrogens is 2. The number of carbonyl (C=O) groups excluding carboxylic acids is 1. The Morgan fingerprint density at radius 2 is 2.04 bits per heavy atom. The van der Waals surface area contributed by atoms with Gasteiger partial charge in [-0.25, -0.2) is 9.97 Å². The molecule has 0 atom stereocenters. The van der Waals surface area contributed by atoms with Gasteiger partial charge in [-0.1, -0.05) is 6.07 Å². The number of rotatable bonds is 8. The summed E-state index contributed by atoms with van der Waals surface area (Å²) in [6.45, 7) is 3.57. The molecule has 2 N–H and O–H groups in total. The molecule has 7 heteroatoms. The second-order valence-electron chi connectivity index (χ2n) is 5.99. The molecule has 0 aliphatic carbocycles. The average molecular weight is 343 g/mol. The minimum Gasteiger partial charge on any atom is -0.497 e. The normalized spacial score (nSPS) is 10.6. The van der Waals surface area contributed by atoms with E-state index in [1.54, 1.807) is 25.3 Å². The van der Waals surface area contributed by atoms with Gasteiger partial charge in [0.25, 0.3) is 5.91 Å². The number of nitrogens with zero attached hydrogens (tertiary/aromatic N) is 3. The van der Waals surface area contributed by atoms with Crippen molar-refractivity contribution >= 4 is 17.5 Å². The quantitative estimate of drug-likeness (QED) is 0.717. The molecule has 0 bridgehead atoms. The number of ether oxygens (including phenoxy) is 1. The molecule has 2 aromatic rings. The number of benzene rings is 1. The van der Waals surface area contributed by atoms with Gasteiger partial charge >= 0.3 is 0 Å². The first kappa shape index (κ1) is 18.7. The molecule has 0 saturated heterocycles. The van der Waals surface area contributed by atoms with Crippen molar-refractivity contribution in [2.24, 2.45) is 0 Å². The number of anilines is 2. The largest absolute Gasteiger partial charge is 0.497 e. The van der Waals surface area contributed by atoms with Crippen LogP contribution in [0.2, 0.25) is 0 Å². The highest BCUT2D eigenvalue weighted by atomic mass is 16.5. The Morgan fingerprint density at radius 3 is 2.76 bits per heavy atom. The second kappa shape index (κ2) is 8.98. The molecule has 0 fully saturated rings. The Labute approximate surface area is 148 Å². The van der Waals surface area contributed by atoms with Crippen molar-refractivity contribution in [3.63, 3.8) is 0 Å². The molecule has 0 unspecified atom stereocenters. The van der Waals surface area contributed by atoms with Crippen LogP contribution in [0.3, 0.4) is 0 Å². The van der Waals surface area contributed by atoms with Crippen molar-refractivity contribution in [1.82, 2.24) is 14.9 Å². The molecule has 0 spiro atoms. The lowest BCUT2D eigenvalue weighted by Crippen LogP contribution is -2.19. The molecule has 0 aliphatic rings. The van der Waals surface area contributed by atoms with E-state index in [0.717, 1.165) is 25.2 Å². The van der Waals surface area contributed by atoms with Crippen LogP contribution in [-0.2, 0) is 0 Å². The molecule has 1 aromatic heterocycles. The molecular weight excluding hydrogens is 318 g/mol. The maximum atomic E-state index is 12.5. The zero-order chi connectivity index (χ0) is 18.2. The highest BCUT2D eigenvalue weighted by Gasteiger charge is 2.11. The molecule has 1 aromatic carbocycles. The lowest BCUT2D eigenvalue weighted by molar-refractivity contribution is 0.102. The fourth-order valence-electron chi connectivity index (χ4n) is 2.26. The summed E-state index contributed by atoms with van der Waals surface area (Å²) in [5, 5.41) is 6.00. The molecular formula is C18H25N5O2. The first-order valence-corrected chi connectivity index (χ1v) is 8.17. The molecule has 25 heavy (non-hydrogen) atoms. The zero-order valence-corrected chi connectivity index (χ0v) is 15.2. The van der Waals surface area contributed by atoms with Crippen LogP contribution in [0, 0.1) is 6.92 Å². The fourth-order valence-corrected chi connectivity index (χ4v) is 2.26. The number of nitrogens with one attached hydrogen (secondary N) is 2. The molecule has 0 saturated carbocycles. The standard InChI is InChI=1S/C18H25N5O2/c1-13-11-16(22-18(20-13)19-9-6-10-23(2)3)17(24)21-14-7-5-8-15(12-14)25-4/h5,7-8,11-12H,6,9-10H2,1-4H3,(H,21,24)(H,19,20,22). The van der Waals surface area contributed by atoms with E-state index in [4.69, 9.17) is 4.74 Å². The summed E-state index contributed by atoms with van der Waals surface area (Å²) in [6, 6.07) is 8.86. The van der Waals surface area contributed by atoms with E-state index in [2.05, 4.69) is 25.5 Å². The lowest BCUT2D eigenvalue weighted by atomic mass is 10.2. The third kappa shape index (κ3) is 6.04. The van der Waals surface area contributed by atoms with Crippen molar-refractivity contribution in [3.8, 4) is 5.75 Å². The number of aryl methyl sites for hydroxylation is 1. The van der Waals surface area contributed by atoms with E-state index < -0.39 is 0 Å². The predicted octanol–water partition coefficient (Wildman–Crippen LogP) is 2.41. The first-order chi connectivity index (χ1) is 12.0. The van der Waals surface area contributed by atoms with Crippen molar-refractivity contribution in [3.05, 3.63) is 41.7 Å². The van der Waals surface area contributed by atoms with Crippen molar-refractivity contribution in [2.75, 3.05) is 44.9 Å². The Hall–Kier alpha value is -2.67. The highest BCUT2D eigenvalue weighted by Crippen LogP contribution is 2.17. The maximum absolute atomic E-state index is 12.5. The van der Waals surface area contributed by atoms with E-state index >= 15 is 0 Å². The molecule has 7 nitrogen and oxygen atoms in total. The smallest absolute Gasteiger partial charge is 0.274 e. The van der Waals surface area contributed by atoms with Crippen LogP contribution in [-0.4, -0.2) is 55.1 Å². The molecule has 134 valence electrons. The number of amides is 1. The lowest BCUT2D eigenvalue weighted by Gasteiger charge is -2.11. The molecule has 2 rings (SSSR count). The summed E-state index contributed by atoms with van der Waals surface area (Å²) < 4.78 is 5.16. The van der Waals surface area contributed by atoms with Gasteiger partial charge < -0.3 is 20.3 Å². The predicted molar refractivity (Wildman–Crippen MR) is 99.4 cm³/mol. The summed E-state index contributed by atoms with van der Waals surface area (Å²) >= 11 is 0. The molecule has 1 amide bonds. The van der Waals surface area contributed by atoms with Crippen LogP contribution in [0.15, 0.2) is 30.3 Å². The Balaban J connectivity index is 2.03. The van der Waals surface area contributed by atoms with Crippen LogP contribution in [0.1, 0.15) is 22.6 Å². The second-order valence-corrected chi connectivity index (χ2v) is 5.99. The van der Waals surface area contributed by atoms with Gasteiger partial charge in [-0.05, 0) is 52.2 Å². The van der Waals surface area contributed by atoms with Gasteiger partial charge in [-0.15, -0.1) is 0 Å². The van der Waals surface area contributed by atoms with Crippen LogP contribution < -0.4 is 15.4 Å². The molecule has 0 radical (unpaired) electrons. The van der Waals surface area contributed by atoms with Gasteiger partial charge in [0.2, 0.25) is 5.95 Å². The van der Waals surface area contributed by atoms with Crippen LogP contribution >= 0.6 is 0 Å². The van der Waals surface area contributed by atoms with Crippen molar-refractivity contribution in [1.29, 1.82) is 0 Å². The fraction of sp³-hybridized carbons (Fsp3) is 0.389.